The lowest BCUT2D eigenvalue weighted by molar-refractivity contribution is 0.412. The number of anilines is 1. The minimum absolute atomic E-state index is 0.307. The third-order valence-corrected chi connectivity index (χ3v) is 7.59. The number of ether oxygens (including phenoxy) is 1. The Balaban J connectivity index is 1.82. The summed E-state index contributed by atoms with van der Waals surface area (Å²) in [6.07, 6.45) is 0.980. The molecule has 0 radical (unpaired) electrons. The number of benzene rings is 2. The van der Waals surface area contributed by atoms with Gasteiger partial charge in [0.2, 0.25) is 0 Å². The number of hydrogen-bond donors (Lipinski definition) is 0. The molecule has 2 heterocycles. The van der Waals surface area contributed by atoms with Crippen LogP contribution in [0.2, 0.25) is 0 Å². The molecule has 2 unspecified atom stereocenters. The molecule has 2 aromatic carbocycles. The molecule has 0 fully saturated rings. The summed E-state index contributed by atoms with van der Waals surface area (Å²) in [7, 11) is 1.74. The van der Waals surface area contributed by atoms with E-state index >= 15 is 0 Å². The molecule has 3 aromatic rings. The lowest BCUT2D eigenvalue weighted by atomic mass is 9.86. The van der Waals surface area contributed by atoms with Crippen LogP contribution in [0, 0.1) is 0 Å². The third kappa shape index (κ3) is 3.60. The highest BCUT2D eigenvalue weighted by atomic mass is 79.9. The van der Waals surface area contributed by atoms with Crippen molar-refractivity contribution in [3.8, 4) is 5.75 Å². The molecule has 0 aliphatic carbocycles. The first-order chi connectivity index (χ1) is 13.5. The topological polar surface area (TPSA) is 12.5 Å². The van der Waals surface area contributed by atoms with Crippen molar-refractivity contribution in [3.05, 3.63) is 80.6 Å². The van der Waals surface area contributed by atoms with Crippen molar-refractivity contribution in [2.24, 2.45) is 0 Å². The van der Waals surface area contributed by atoms with Gasteiger partial charge in [-0.1, -0.05) is 48.0 Å². The Bertz CT molecular complexity index is 963. The van der Waals surface area contributed by atoms with Gasteiger partial charge in [0.05, 0.1) is 24.2 Å². The zero-order chi connectivity index (χ0) is 19.8. The number of halogens is 1. The molecule has 146 valence electrons. The highest BCUT2D eigenvalue weighted by molar-refractivity contribution is 9.10. The minimum atomic E-state index is 0.307. The van der Waals surface area contributed by atoms with Gasteiger partial charge in [-0.2, -0.15) is 0 Å². The van der Waals surface area contributed by atoms with E-state index in [0.29, 0.717) is 18.0 Å². The summed E-state index contributed by atoms with van der Waals surface area (Å²) >= 11 is 5.50. The maximum Gasteiger partial charge on any atom is 0.119 e. The molecule has 2 nitrogen and oxygen atoms in total. The average Bonchev–Trinajstić information content (AvgIpc) is 3.18. The lowest BCUT2D eigenvalue weighted by Crippen LogP contribution is -2.36. The van der Waals surface area contributed by atoms with E-state index in [-0.39, 0.29) is 0 Å². The molecule has 2 atom stereocenters. The van der Waals surface area contributed by atoms with Crippen LogP contribution in [0.3, 0.4) is 0 Å². The number of rotatable bonds is 4. The van der Waals surface area contributed by atoms with Gasteiger partial charge in [-0.25, -0.2) is 0 Å². The second kappa shape index (κ2) is 7.92. The summed E-state index contributed by atoms with van der Waals surface area (Å²) in [6.45, 7) is 6.86. The van der Waals surface area contributed by atoms with Crippen LogP contribution in [-0.2, 0) is 6.42 Å². The Morgan fingerprint density at radius 3 is 2.46 bits per heavy atom. The van der Waals surface area contributed by atoms with Gasteiger partial charge in [0, 0.05) is 9.35 Å². The summed E-state index contributed by atoms with van der Waals surface area (Å²) in [5.41, 5.74) is 4.13. The highest BCUT2D eigenvalue weighted by Crippen LogP contribution is 2.46. The van der Waals surface area contributed by atoms with E-state index in [4.69, 9.17) is 4.74 Å². The second-order valence-electron chi connectivity index (χ2n) is 7.75. The van der Waals surface area contributed by atoms with E-state index in [1.807, 2.05) is 11.3 Å². The third-order valence-electron chi connectivity index (χ3n) is 5.66. The first-order valence-corrected chi connectivity index (χ1v) is 11.4. The Kier molecular flexibility index (Phi) is 5.52. The fourth-order valence-electron chi connectivity index (χ4n) is 4.12. The highest BCUT2D eigenvalue weighted by Gasteiger charge is 2.34. The molecule has 0 saturated heterocycles. The van der Waals surface area contributed by atoms with Gasteiger partial charge in [0.25, 0.3) is 0 Å². The molecular formula is C24H26BrNOS. The van der Waals surface area contributed by atoms with Crippen molar-refractivity contribution in [2.75, 3.05) is 12.0 Å². The molecule has 0 N–H and O–H groups in total. The second-order valence-corrected chi connectivity index (χ2v) is 9.76. The van der Waals surface area contributed by atoms with E-state index in [1.165, 1.54) is 26.6 Å². The molecule has 4 rings (SSSR count). The molecular weight excluding hydrogens is 430 g/mol. The van der Waals surface area contributed by atoms with Crippen LogP contribution >= 0.6 is 27.3 Å². The number of methoxy groups -OCH3 is 1. The molecule has 0 saturated carbocycles. The van der Waals surface area contributed by atoms with E-state index in [2.05, 4.69) is 96.2 Å². The Labute approximate surface area is 180 Å². The normalized spacial score (nSPS) is 19.0. The smallest absolute Gasteiger partial charge is 0.119 e. The number of hydrogen-bond acceptors (Lipinski definition) is 3. The van der Waals surface area contributed by atoms with Gasteiger partial charge in [0.1, 0.15) is 5.75 Å². The molecule has 0 spiro atoms. The van der Waals surface area contributed by atoms with Gasteiger partial charge in [-0.15, -0.1) is 11.3 Å². The van der Waals surface area contributed by atoms with Gasteiger partial charge in [-0.05, 0) is 72.4 Å². The monoisotopic (exact) mass is 455 g/mol. The number of fused-ring (bicyclic) bond motifs is 1. The van der Waals surface area contributed by atoms with Crippen LogP contribution in [0.1, 0.15) is 60.3 Å². The van der Waals surface area contributed by atoms with E-state index in [1.54, 1.807) is 7.11 Å². The summed E-state index contributed by atoms with van der Waals surface area (Å²) < 4.78 is 6.61. The van der Waals surface area contributed by atoms with E-state index in [0.717, 1.165) is 16.6 Å². The molecule has 0 amide bonds. The molecule has 28 heavy (non-hydrogen) atoms. The molecule has 1 aromatic heterocycles. The maximum absolute atomic E-state index is 5.50. The van der Waals surface area contributed by atoms with Crippen molar-refractivity contribution >= 4 is 32.3 Å². The number of thiophene rings is 1. The zero-order valence-electron chi connectivity index (χ0n) is 16.8. The molecule has 1 aliphatic heterocycles. The van der Waals surface area contributed by atoms with Crippen LogP contribution in [0.4, 0.5) is 5.00 Å². The lowest BCUT2D eigenvalue weighted by Gasteiger charge is -2.43. The fourth-order valence-corrected chi connectivity index (χ4v) is 5.52. The van der Waals surface area contributed by atoms with Crippen LogP contribution < -0.4 is 9.64 Å². The van der Waals surface area contributed by atoms with E-state index in [9.17, 15) is 0 Å². The molecule has 1 aliphatic rings. The standard InChI is InChI=1S/C24H26BrNOS/c1-15(2)23-11-12-24(28-23)26-16(3)21-10-9-20(27-4)13-18(21)14-22(26)17-5-7-19(25)8-6-17/h5-13,15-16,22H,14H2,1-4H3. The summed E-state index contributed by atoms with van der Waals surface area (Å²) in [4.78, 5) is 4.05. The van der Waals surface area contributed by atoms with Crippen molar-refractivity contribution in [1.82, 2.24) is 0 Å². The van der Waals surface area contributed by atoms with Crippen LogP contribution in [-0.4, -0.2) is 7.11 Å². The first-order valence-electron chi connectivity index (χ1n) is 9.78. The summed E-state index contributed by atoms with van der Waals surface area (Å²) in [6, 6.07) is 20.5. The first kappa shape index (κ1) is 19.5. The molecule has 0 bridgehead atoms. The Hall–Kier alpha value is -1.78. The molecule has 4 heteroatoms. The maximum atomic E-state index is 5.50. The summed E-state index contributed by atoms with van der Waals surface area (Å²) in [5, 5.41) is 1.35. The Morgan fingerprint density at radius 2 is 1.82 bits per heavy atom. The van der Waals surface area contributed by atoms with Gasteiger partial charge in [-0.3, -0.25) is 0 Å². The quantitative estimate of drug-likeness (QED) is 0.403. The predicted molar refractivity (Wildman–Crippen MR) is 123 cm³/mol. The van der Waals surface area contributed by atoms with Gasteiger partial charge < -0.3 is 9.64 Å². The van der Waals surface area contributed by atoms with Crippen LogP contribution in [0.25, 0.3) is 0 Å². The fraction of sp³-hybridized carbons (Fsp3) is 0.333. The predicted octanol–water partition coefficient (Wildman–Crippen LogP) is 7.51. The Morgan fingerprint density at radius 1 is 1.07 bits per heavy atom. The largest absolute Gasteiger partial charge is 0.497 e. The average molecular weight is 456 g/mol. The van der Waals surface area contributed by atoms with Gasteiger partial charge in [0.15, 0.2) is 0 Å². The van der Waals surface area contributed by atoms with Crippen molar-refractivity contribution in [3.63, 3.8) is 0 Å². The van der Waals surface area contributed by atoms with E-state index < -0.39 is 0 Å². The van der Waals surface area contributed by atoms with Crippen molar-refractivity contribution in [2.45, 2.75) is 45.2 Å². The summed E-state index contributed by atoms with van der Waals surface area (Å²) in [5.74, 6) is 1.49. The van der Waals surface area contributed by atoms with Crippen LogP contribution in [0.15, 0.2) is 59.1 Å². The zero-order valence-corrected chi connectivity index (χ0v) is 19.2. The van der Waals surface area contributed by atoms with Crippen LogP contribution in [0.5, 0.6) is 5.75 Å². The minimum Gasteiger partial charge on any atom is -0.497 e. The SMILES string of the molecule is COc1ccc2c(c1)CC(c1ccc(Br)cc1)N(c1ccc(C(C)C)s1)C2C. The van der Waals surface area contributed by atoms with Crippen molar-refractivity contribution < 1.29 is 4.74 Å². The van der Waals surface area contributed by atoms with Crippen molar-refractivity contribution in [1.29, 1.82) is 0 Å². The van der Waals surface area contributed by atoms with Gasteiger partial charge >= 0.3 is 0 Å². The number of nitrogens with zero attached hydrogens (tertiary/aromatic N) is 1.